The summed E-state index contributed by atoms with van der Waals surface area (Å²) in [6.07, 6.45) is 1.85. The third-order valence-electron chi connectivity index (χ3n) is 5.43. The van der Waals surface area contributed by atoms with Crippen LogP contribution in [0.2, 0.25) is 5.02 Å². The van der Waals surface area contributed by atoms with Crippen LogP contribution in [0.15, 0.2) is 60.8 Å². The molecule has 5 rings (SSSR count). The first kappa shape index (κ1) is 19.6. The van der Waals surface area contributed by atoms with Crippen LogP contribution >= 0.6 is 35.6 Å². The molecule has 152 valence electrons. The molecule has 8 heteroatoms. The van der Waals surface area contributed by atoms with Gasteiger partial charge in [0.2, 0.25) is 0 Å². The Morgan fingerprint density at radius 3 is 2.70 bits per heavy atom. The fourth-order valence-corrected chi connectivity index (χ4v) is 5.95. The number of thiocarbonyl (C=S) groups is 1. The molecule has 2 saturated heterocycles. The average molecular weight is 455 g/mol. The van der Waals surface area contributed by atoms with E-state index in [2.05, 4.69) is 41.2 Å². The third kappa shape index (κ3) is 3.31. The van der Waals surface area contributed by atoms with E-state index >= 15 is 0 Å². The molecule has 0 radical (unpaired) electrons. The maximum absolute atomic E-state index is 13.2. The number of fused-ring (bicyclic) bond motifs is 1. The van der Waals surface area contributed by atoms with Gasteiger partial charge in [0.15, 0.2) is 10.9 Å². The third-order valence-corrected chi connectivity index (χ3v) is 7.51. The molecule has 0 aliphatic carbocycles. The summed E-state index contributed by atoms with van der Waals surface area (Å²) in [5, 5.41) is 5.86. The number of thioether (sulfide) groups is 1. The Balaban J connectivity index is 1.39. The lowest BCUT2D eigenvalue weighted by Gasteiger charge is -2.25. The number of amides is 1. The van der Waals surface area contributed by atoms with E-state index in [-0.39, 0.29) is 17.3 Å². The lowest BCUT2D eigenvalue weighted by atomic mass is 10.1. The number of halogens is 1. The summed E-state index contributed by atoms with van der Waals surface area (Å²) >= 11 is 13.8. The minimum Gasteiger partial charge on any atom is -0.319 e. The van der Waals surface area contributed by atoms with Gasteiger partial charge in [0, 0.05) is 23.0 Å². The van der Waals surface area contributed by atoms with Gasteiger partial charge in [-0.2, -0.15) is 5.10 Å². The molecule has 0 unspecified atom stereocenters. The van der Waals surface area contributed by atoms with E-state index in [1.165, 1.54) is 5.56 Å². The minimum absolute atomic E-state index is 0.00916. The van der Waals surface area contributed by atoms with Crippen LogP contribution in [0, 0.1) is 6.92 Å². The summed E-state index contributed by atoms with van der Waals surface area (Å²) in [5.41, 5.74) is 3.35. The van der Waals surface area contributed by atoms with Crippen LogP contribution in [0.1, 0.15) is 22.1 Å². The number of carbonyl (C=O) groups is 1. The Kier molecular flexibility index (Phi) is 5.05. The molecule has 0 N–H and O–H groups in total. The molecule has 1 aromatic heterocycles. The van der Waals surface area contributed by atoms with E-state index in [4.69, 9.17) is 23.8 Å². The van der Waals surface area contributed by atoms with Gasteiger partial charge in [-0.3, -0.25) is 9.48 Å². The molecule has 0 bridgehead atoms. The van der Waals surface area contributed by atoms with Crippen molar-refractivity contribution in [3.8, 4) is 0 Å². The van der Waals surface area contributed by atoms with Gasteiger partial charge < -0.3 is 4.90 Å². The highest BCUT2D eigenvalue weighted by Gasteiger charge is 2.51. The van der Waals surface area contributed by atoms with Crippen LogP contribution in [-0.4, -0.2) is 37.5 Å². The second kappa shape index (κ2) is 7.72. The molecule has 1 amide bonds. The highest BCUT2D eigenvalue weighted by molar-refractivity contribution is 7.99. The van der Waals surface area contributed by atoms with Gasteiger partial charge in [0.25, 0.3) is 5.91 Å². The van der Waals surface area contributed by atoms with Crippen LogP contribution in [0.5, 0.6) is 0 Å². The monoisotopic (exact) mass is 454 g/mol. The predicted octanol–water partition coefficient (Wildman–Crippen LogP) is 4.64. The van der Waals surface area contributed by atoms with Crippen molar-refractivity contribution < 1.29 is 4.79 Å². The molecule has 2 aliphatic heterocycles. The molecule has 3 aromatic rings. The van der Waals surface area contributed by atoms with Gasteiger partial charge in [-0.05, 0) is 36.3 Å². The second-order valence-electron chi connectivity index (χ2n) is 7.44. The number of anilines is 1. The zero-order chi connectivity index (χ0) is 20.8. The number of aromatic nitrogens is 2. The van der Waals surface area contributed by atoms with Crippen LogP contribution in [0.3, 0.4) is 0 Å². The van der Waals surface area contributed by atoms with Gasteiger partial charge in [-0.1, -0.05) is 59.6 Å². The van der Waals surface area contributed by atoms with Crippen LogP contribution in [0.25, 0.3) is 0 Å². The zero-order valence-electron chi connectivity index (χ0n) is 16.2. The van der Waals surface area contributed by atoms with Crippen molar-refractivity contribution in [1.82, 2.24) is 14.7 Å². The number of hydrogen-bond acceptors (Lipinski definition) is 4. The number of benzene rings is 2. The van der Waals surface area contributed by atoms with Crippen molar-refractivity contribution >= 4 is 52.4 Å². The molecule has 30 heavy (non-hydrogen) atoms. The number of aryl methyl sites for hydroxylation is 1. The number of nitrogens with zero attached hydrogens (tertiary/aromatic N) is 4. The van der Waals surface area contributed by atoms with Crippen LogP contribution < -0.4 is 4.90 Å². The summed E-state index contributed by atoms with van der Waals surface area (Å²) < 4.78 is 1.78. The van der Waals surface area contributed by atoms with Gasteiger partial charge in [-0.15, -0.1) is 11.8 Å². The summed E-state index contributed by atoms with van der Waals surface area (Å²) in [7, 11) is 0. The van der Waals surface area contributed by atoms with Crippen LogP contribution in [0.4, 0.5) is 5.82 Å². The van der Waals surface area contributed by atoms with Crippen molar-refractivity contribution in [2.75, 3.05) is 10.7 Å². The highest BCUT2D eigenvalue weighted by Crippen LogP contribution is 2.46. The van der Waals surface area contributed by atoms with E-state index < -0.39 is 0 Å². The standard InChI is InChI=1S/C22H19ClN4OS2/c1-14-6-8-15(9-7-14)21-26-18(13-30-21)20(28)27(22(26)29)19-10-11-25(24-19)12-16-4-2-3-5-17(16)23/h2-11,18,21H,12-13H2,1H3/t18-,21-/m0/s1. The van der Waals surface area contributed by atoms with Gasteiger partial charge in [-0.25, -0.2) is 4.90 Å². The van der Waals surface area contributed by atoms with Crippen molar-refractivity contribution in [3.63, 3.8) is 0 Å². The van der Waals surface area contributed by atoms with Crippen molar-refractivity contribution in [2.45, 2.75) is 24.9 Å². The van der Waals surface area contributed by atoms with E-state index in [9.17, 15) is 4.79 Å². The predicted molar refractivity (Wildman–Crippen MR) is 125 cm³/mol. The van der Waals surface area contributed by atoms with E-state index in [0.29, 0.717) is 28.3 Å². The SMILES string of the molecule is Cc1ccc([C@@H]2SC[C@H]3C(=O)N(c4ccn(Cc5ccccc5Cl)n4)C(=S)N32)cc1. The Hall–Kier alpha value is -2.35. The quantitative estimate of drug-likeness (QED) is 0.537. The first-order valence-corrected chi connectivity index (χ1v) is 11.5. The normalized spacial score (nSPS) is 20.9. The largest absolute Gasteiger partial charge is 0.319 e. The summed E-state index contributed by atoms with van der Waals surface area (Å²) in [4.78, 5) is 16.8. The van der Waals surface area contributed by atoms with Crippen LogP contribution in [-0.2, 0) is 11.3 Å². The highest BCUT2D eigenvalue weighted by atomic mass is 35.5. The zero-order valence-corrected chi connectivity index (χ0v) is 18.6. The molecule has 2 aromatic carbocycles. The number of rotatable bonds is 4. The summed E-state index contributed by atoms with van der Waals surface area (Å²) in [5.74, 6) is 1.26. The molecular formula is C22H19ClN4OS2. The Morgan fingerprint density at radius 2 is 1.93 bits per heavy atom. The molecule has 5 nitrogen and oxygen atoms in total. The molecule has 2 atom stereocenters. The van der Waals surface area contributed by atoms with E-state index in [1.807, 2.05) is 36.5 Å². The second-order valence-corrected chi connectivity index (χ2v) is 9.32. The Bertz CT molecular complexity index is 1130. The van der Waals surface area contributed by atoms with E-state index in [1.54, 1.807) is 21.3 Å². The molecule has 2 fully saturated rings. The average Bonchev–Trinajstić information content (AvgIpc) is 3.42. The molecule has 0 spiro atoms. The molecule has 2 aliphatic rings. The van der Waals surface area contributed by atoms with Crippen molar-refractivity contribution in [1.29, 1.82) is 0 Å². The summed E-state index contributed by atoms with van der Waals surface area (Å²) in [6, 6.07) is 17.7. The Morgan fingerprint density at radius 1 is 1.17 bits per heavy atom. The van der Waals surface area contributed by atoms with Crippen molar-refractivity contribution in [3.05, 3.63) is 82.5 Å². The molecule has 0 saturated carbocycles. The van der Waals surface area contributed by atoms with E-state index in [0.717, 1.165) is 11.1 Å². The molecule has 3 heterocycles. The maximum Gasteiger partial charge on any atom is 0.258 e. The fraction of sp³-hybridized carbons (Fsp3) is 0.227. The smallest absolute Gasteiger partial charge is 0.258 e. The first-order chi connectivity index (χ1) is 14.5. The topological polar surface area (TPSA) is 41.4 Å². The van der Waals surface area contributed by atoms with Gasteiger partial charge in [0.1, 0.15) is 11.4 Å². The first-order valence-electron chi connectivity index (χ1n) is 9.64. The number of hydrogen-bond donors (Lipinski definition) is 0. The summed E-state index contributed by atoms with van der Waals surface area (Å²) in [6.45, 7) is 2.60. The molecular weight excluding hydrogens is 436 g/mol. The van der Waals surface area contributed by atoms with Gasteiger partial charge >= 0.3 is 0 Å². The lowest BCUT2D eigenvalue weighted by Crippen LogP contribution is -2.34. The van der Waals surface area contributed by atoms with Gasteiger partial charge in [0.05, 0.1) is 6.54 Å². The number of carbonyl (C=O) groups excluding carboxylic acids is 1. The minimum atomic E-state index is -0.248. The maximum atomic E-state index is 13.2. The Labute approximate surface area is 189 Å². The fourth-order valence-electron chi connectivity index (χ4n) is 3.85. The van der Waals surface area contributed by atoms with Crippen molar-refractivity contribution in [2.24, 2.45) is 0 Å². The lowest BCUT2D eigenvalue weighted by molar-refractivity contribution is -0.119.